The number of amides is 1. The van der Waals surface area contributed by atoms with Crippen molar-refractivity contribution in [3.8, 4) is 11.5 Å². The molecule has 0 heterocycles. The Hall–Kier alpha value is -2.76. The summed E-state index contributed by atoms with van der Waals surface area (Å²) in [6.07, 6.45) is -0.833. The lowest BCUT2D eigenvalue weighted by molar-refractivity contribution is -0.127. The van der Waals surface area contributed by atoms with Gasteiger partial charge in [-0.2, -0.15) is 5.10 Å². The van der Waals surface area contributed by atoms with Gasteiger partial charge in [0.05, 0.1) is 10.7 Å². The normalized spacial score (nSPS) is 12.6. The van der Waals surface area contributed by atoms with Gasteiger partial charge in [0.1, 0.15) is 11.5 Å². The molecule has 0 radical (unpaired) electrons. The molecule has 7 heteroatoms. The number of benzene rings is 3. The number of hydrazone groups is 1. The monoisotopic (exact) mass is 416 g/mol. The Balaban J connectivity index is 1.72. The maximum absolute atomic E-state index is 12.3. The van der Waals surface area contributed by atoms with E-state index in [1.165, 1.54) is 6.07 Å². The topological polar surface area (TPSA) is 70.9 Å². The van der Waals surface area contributed by atoms with Crippen LogP contribution in [0.15, 0.2) is 59.7 Å². The van der Waals surface area contributed by atoms with Crippen molar-refractivity contribution < 1.29 is 14.6 Å². The summed E-state index contributed by atoms with van der Waals surface area (Å²) in [5.74, 6) is 0.0121. The van der Waals surface area contributed by atoms with E-state index < -0.39 is 12.0 Å². The Morgan fingerprint density at radius 2 is 1.89 bits per heavy atom. The Morgan fingerprint density at radius 1 is 1.14 bits per heavy atom. The molecule has 3 aromatic rings. The summed E-state index contributed by atoms with van der Waals surface area (Å²) in [5, 5.41) is 17.0. The van der Waals surface area contributed by atoms with Crippen molar-refractivity contribution in [1.82, 2.24) is 5.43 Å². The zero-order chi connectivity index (χ0) is 20.3. The second-order valence-electron chi connectivity index (χ2n) is 6.19. The fraction of sp³-hybridized carbons (Fsp3) is 0.143. The van der Waals surface area contributed by atoms with Gasteiger partial charge in [-0.15, -0.1) is 0 Å². The Bertz CT molecular complexity index is 1070. The standard InChI is InChI=1S/C21H18Cl2N2O3/c1-12(16-9-7-14-5-3-4-6-17(14)20(16)26)24-25-21(27)13(2)28-19-10-8-15(22)11-18(19)23/h3-11,13,26H,1-2H3,(H,25,27)/b24-12+. The van der Waals surface area contributed by atoms with Crippen LogP contribution < -0.4 is 10.2 Å². The van der Waals surface area contributed by atoms with Crippen LogP contribution in [0.25, 0.3) is 10.8 Å². The molecule has 0 aliphatic heterocycles. The van der Waals surface area contributed by atoms with Gasteiger partial charge in [0, 0.05) is 16.0 Å². The van der Waals surface area contributed by atoms with Gasteiger partial charge in [-0.3, -0.25) is 4.79 Å². The Morgan fingerprint density at radius 3 is 2.64 bits per heavy atom. The highest BCUT2D eigenvalue weighted by Crippen LogP contribution is 2.29. The van der Waals surface area contributed by atoms with E-state index in [4.69, 9.17) is 27.9 Å². The average molecular weight is 417 g/mol. The van der Waals surface area contributed by atoms with Crippen molar-refractivity contribution >= 4 is 45.6 Å². The second-order valence-corrected chi connectivity index (χ2v) is 7.03. The smallest absolute Gasteiger partial charge is 0.280 e. The fourth-order valence-electron chi connectivity index (χ4n) is 2.65. The van der Waals surface area contributed by atoms with Crippen LogP contribution in [0.4, 0.5) is 0 Å². The number of ether oxygens (including phenoxy) is 1. The molecule has 2 N–H and O–H groups in total. The highest BCUT2D eigenvalue weighted by Gasteiger charge is 2.16. The van der Waals surface area contributed by atoms with Gasteiger partial charge in [0.2, 0.25) is 0 Å². The minimum absolute atomic E-state index is 0.117. The average Bonchev–Trinajstić information content (AvgIpc) is 2.68. The number of carbonyl (C=O) groups is 1. The zero-order valence-corrected chi connectivity index (χ0v) is 16.8. The summed E-state index contributed by atoms with van der Waals surface area (Å²) in [5.41, 5.74) is 3.45. The van der Waals surface area contributed by atoms with Crippen LogP contribution in [0.2, 0.25) is 10.0 Å². The zero-order valence-electron chi connectivity index (χ0n) is 15.2. The molecular weight excluding hydrogens is 399 g/mol. The summed E-state index contributed by atoms with van der Waals surface area (Å²) in [6, 6.07) is 15.9. The Kier molecular flexibility index (Phi) is 6.07. The van der Waals surface area contributed by atoms with Gasteiger partial charge in [0.15, 0.2) is 6.10 Å². The lowest BCUT2D eigenvalue weighted by Gasteiger charge is -2.14. The molecule has 0 saturated carbocycles. The highest BCUT2D eigenvalue weighted by atomic mass is 35.5. The molecule has 144 valence electrons. The molecular formula is C21H18Cl2N2O3. The first-order valence-electron chi connectivity index (χ1n) is 8.53. The van der Waals surface area contributed by atoms with E-state index in [1.54, 1.807) is 32.0 Å². The predicted octanol–water partition coefficient (Wildman–Crippen LogP) is 5.16. The lowest BCUT2D eigenvalue weighted by Crippen LogP contribution is -2.34. The first-order valence-corrected chi connectivity index (χ1v) is 9.29. The van der Waals surface area contributed by atoms with Crippen LogP contribution in [-0.4, -0.2) is 22.8 Å². The third-order valence-electron chi connectivity index (χ3n) is 4.19. The molecule has 0 bridgehead atoms. The number of hydrogen-bond donors (Lipinski definition) is 2. The molecule has 0 aromatic heterocycles. The highest BCUT2D eigenvalue weighted by molar-refractivity contribution is 6.35. The molecule has 0 spiro atoms. The molecule has 0 aliphatic carbocycles. The number of phenolic OH excluding ortho intramolecular Hbond substituents is 1. The quantitative estimate of drug-likeness (QED) is 0.445. The van der Waals surface area contributed by atoms with Crippen LogP contribution in [0.5, 0.6) is 11.5 Å². The maximum atomic E-state index is 12.3. The molecule has 5 nitrogen and oxygen atoms in total. The number of nitrogens with one attached hydrogen (secondary N) is 1. The van der Waals surface area contributed by atoms with Crippen molar-refractivity contribution in [2.45, 2.75) is 20.0 Å². The number of phenols is 1. The summed E-state index contributed by atoms with van der Waals surface area (Å²) >= 11 is 11.9. The number of hydrogen-bond acceptors (Lipinski definition) is 4. The second kappa shape index (κ2) is 8.50. The molecule has 0 fully saturated rings. The number of fused-ring (bicyclic) bond motifs is 1. The molecule has 3 aromatic carbocycles. The minimum atomic E-state index is -0.833. The first-order chi connectivity index (χ1) is 13.4. The molecule has 0 aliphatic rings. The van der Waals surface area contributed by atoms with Crippen molar-refractivity contribution in [2.24, 2.45) is 5.10 Å². The number of halogens is 2. The number of aromatic hydroxyl groups is 1. The third-order valence-corrected chi connectivity index (χ3v) is 4.72. The first kappa shape index (κ1) is 20.0. The van der Waals surface area contributed by atoms with Gasteiger partial charge < -0.3 is 9.84 Å². The van der Waals surface area contributed by atoms with E-state index in [0.717, 1.165) is 10.8 Å². The van der Waals surface area contributed by atoms with E-state index in [2.05, 4.69) is 10.5 Å². The SMILES string of the molecule is C/C(=N\NC(=O)C(C)Oc1ccc(Cl)cc1Cl)c1ccc2ccccc2c1O. The summed E-state index contributed by atoms with van der Waals surface area (Å²) in [7, 11) is 0. The summed E-state index contributed by atoms with van der Waals surface area (Å²) in [4.78, 5) is 12.3. The van der Waals surface area contributed by atoms with Crippen molar-refractivity contribution in [3.05, 3.63) is 70.2 Å². The number of nitrogens with zero attached hydrogens (tertiary/aromatic N) is 1. The van der Waals surface area contributed by atoms with Crippen molar-refractivity contribution in [1.29, 1.82) is 0 Å². The molecule has 3 rings (SSSR count). The Labute approximate surface area is 172 Å². The van der Waals surface area contributed by atoms with Crippen molar-refractivity contribution in [2.75, 3.05) is 0 Å². The van der Waals surface area contributed by atoms with Gasteiger partial charge in [-0.05, 0) is 43.5 Å². The minimum Gasteiger partial charge on any atom is -0.507 e. The van der Waals surface area contributed by atoms with E-state index in [1.807, 2.05) is 30.3 Å². The molecule has 1 atom stereocenters. The summed E-state index contributed by atoms with van der Waals surface area (Å²) in [6.45, 7) is 3.28. The van der Waals surface area contributed by atoms with Crippen LogP contribution in [-0.2, 0) is 4.79 Å². The van der Waals surface area contributed by atoms with E-state index in [9.17, 15) is 9.90 Å². The van der Waals surface area contributed by atoms with E-state index in [-0.39, 0.29) is 5.75 Å². The predicted molar refractivity (Wildman–Crippen MR) is 113 cm³/mol. The summed E-state index contributed by atoms with van der Waals surface area (Å²) < 4.78 is 5.56. The van der Waals surface area contributed by atoms with Crippen LogP contribution in [0.3, 0.4) is 0 Å². The van der Waals surface area contributed by atoms with Crippen molar-refractivity contribution in [3.63, 3.8) is 0 Å². The fourth-order valence-corrected chi connectivity index (χ4v) is 3.10. The largest absolute Gasteiger partial charge is 0.507 e. The van der Waals surface area contributed by atoms with Gasteiger partial charge in [-0.1, -0.05) is 53.5 Å². The van der Waals surface area contributed by atoms with Crippen LogP contribution in [0.1, 0.15) is 19.4 Å². The molecule has 1 amide bonds. The van der Waals surface area contributed by atoms with E-state index >= 15 is 0 Å². The molecule has 1 unspecified atom stereocenters. The van der Waals surface area contributed by atoms with Crippen LogP contribution in [0, 0.1) is 0 Å². The number of rotatable bonds is 5. The number of carbonyl (C=O) groups excluding carboxylic acids is 1. The molecule has 28 heavy (non-hydrogen) atoms. The van der Waals surface area contributed by atoms with Gasteiger partial charge >= 0.3 is 0 Å². The van der Waals surface area contributed by atoms with E-state index in [0.29, 0.717) is 27.1 Å². The molecule has 0 saturated heterocycles. The van der Waals surface area contributed by atoms with Gasteiger partial charge in [-0.25, -0.2) is 5.43 Å². The lowest BCUT2D eigenvalue weighted by atomic mass is 10.0. The van der Waals surface area contributed by atoms with Gasteiger partial charge in [0.25, 0.3) is 5.91 Å². The van der Waals surface area contributed by atoms with Crippen LogP contribution >= 0.6 is 23.2 Å². The third kappa shape index (κ3) is 4.38. The maximum Gasteiger partial charge on any atom is 0.280 e.